The minimum absolute atomic E-state index is 0.0504. The first-order valence-electron chi connectivity index (χ1n) is 22.3. The van der Waals surface area contributed by atoms with Gasteiger partial charge in [0.25, 0.3) is 0 Å². The molecular weight excluding hydrogens is 887 g/mol. The van der Waals surface area contributed by atoms with Crippen molar-refractivity contribution in [2.75, 3.05) is 13.2 Å². The number of H-pyrrole nitrogens is 3. The van der Waals surface area contributed by atoms with Crippen LogP contribution in [-0.2, 0) is 72.0 Å². The molecule has 0 spiro atoms. The van der Waals surface area contributed by atoms with E-state index in [0.717, 1.165) is 109 Å². The SMILES string of the molecule is CC(=O)C1CCc2c(I)n[nH]c2C1.CCOC(=O)C1CC=C(c2n[nH]c3c2CCC(C(C)=O)C3)C[C@@H]1C.CCOC(=O)C1CCC(c2n[nH]c3c2CCC(C(C)=O)C3)=C[C@@H]1C. The number of nitrogens with zero attached hydrogens (tertiary/aromatic N) is 3. The number of hydrogen-bond acceptors (Lipinski definition) is 10. The Labute approximate surface area is 373 Å². The number of allylic oxidation sites excluding steroid dienone is 4. The van der Waals surface area contributed by atoms with Gasteiger partial charge in [-0.15, -0.1) is 0 Å². The molecule has 8 rings (SSSR count). The molecule has 0 saturated carbocycles. The lowest BCUT2D eigenvalue weighted by Gasteiger charge is -2.27. The maximum Gasteiger partial charge on any atom is 0.309 e. The maximum atomic E-state index is 12.0. The molecule has 13 nitrogen and oxygen atoms in total. The van der Waals surface area contributed by atoms with Gasteiger partial charge in [0, 0.05) is 51.5 Å². The van der Waals surface area contributed by atoms with Crippen molar-refractivity contribution in [3.05, 3.63) is 61.0 Å². The van der Waals surface area contributed by atoms with Crippen LogP contribution in [0.25, 0.3) is 11.1 Å². The Morgan fingerprint density at radius 1 is 0.623 bits per heavy atom. The van der Waals surface area contributed by atoms with Gasteiger partial charge >= 0.3 is 11.9 Å². The number of ether oxygens (including phenoxy) is 2. The molecule has 0 aromatic carbocycles. The molecule has 0 amide bonds. The summed E-state index contributed by atoms with van der Waals surface area (Å²) in [6.45, 7) is 13.8. The molecule has 3 aromatic rings. The van der Waals surface area contributed by atoms with Gasteiger partial charge in [0.15, 0.2) is 0 Å². The average molecular weight is 951 g/mol. The van der Waals surface area contributed by atoms with Crippen LogP contribution in [-0.4, -0.2) is 73.1 Å². The molecule has 330 valence electrons. The molecule has 0 saturated heterocycles. The van der Waals surface area contributed by atoms with Gasteiger partial charge in [-0.05, 0) is 164 Å². The number of rotatable bonds is 9. The number of halogens is 1. The van der Waals surface area contributed by atoms with Gasteiger partial charge in [0.2, 0.25) is 0 Å². The van der Waals surface area contributed by atoms with E-state index >= 15 is 0 Å². The van der Waals surface area contributed by atoms with E-state index in [4.69, 9.17) is 9.47 Å². The largest absolute Gasteiger partial charge is 0.466 e. The zero-order chi connectivity index (χ0) is 44.0. The number of aromatic nitrogens is 6. The quantitative estimate of drug-likeness (QED) is 0.141. The third kappa shape index (κ3) is 10.9. The van der Waals surface area contributed by atoms with Gasteiger partial charge < -0.3 is 9.47 Å². The molecule has 0 fully saturated rings. The molecule has 61 heavy (non-hydrogen) atoms. The number of esters is 2. The summed E-state index contributed by atoms with van der Waals surface area (Å²) in [5, 5.41) is 22.5. The molecule has 0 aliphatic heterocycles. The Hall–Kier alpha value is -4.21. The Bertz CT molecular complexity index is 2150. The second-order valence-corrected chi connectivity index (χ2v) is 18.7. The number of hydrogen-bond donors (Lipinski definition) is 3. The molecule has 14 heteroatoms. The fraction of sp³-hybridized carbons (Fsp3) is 0.617. The minimum atomic E-state index is -0.0892. The van der Waals surface area contributed by atoms with Crippen LogP contribution in [0, 0.1) is 45.1 Å². The Kier molecular flexibility index (Phi) is 15.8. The van der Waals surface area contributed by atoms with Crippen LogP contribution < -0.4 is 0 Å². The second-order valence-electron chi connectivity index (χ2n) is 17.6. The fourth-order valence-electron chi connectivity index (χ4n) is 9.77. The van der Waals surface area contributed by atoms with E-state index in [1.807, 2.05) is 13.8 Å². The predicted octanol–water partition coefficient (Wildman–Crippen LogP) is 7.90. The van der Waals surface area contributed by atoms with Crippen LogP contribution in [0.1, 0.15) is 139 Å². The smallest absolute Gasteiger partial charge is 0.309 e. The first kappa shape index (κ1) is 46.3. The first-order valence-corrected chi connectivity index (χ1v) is 23.4. The normalized spacial score (nSPS) is 25.3. The summed E-state index contributed by atoms with van der Waals surface area (Å²) < 4.78 is 11.4. The van der Waals surface area contributed by atoms with Crippen molar-refractivity contribution in [2.24, 2.45) is 41.4 Å². The number of aromatic amines is 3. The Morgan fingerprint density at radius 3 is 1.56 bits per heavy atom. The van der Waals surface area contributed by atoms with Crippen LogP contribution in [0.4, 0.5) is 0 Å². The highest BCUT2D eigenvalue weighted by Gasteiger charge is 2.35. The third-order valence-corrected chi connectivity index (χ3v) is 14.5. The highest BCUT2D eigenvalue weighted by molar-refractivity contribution is 14.1. The zero-order valence-corrected chi connectivity index (χ0v) is 39.0. The summed E-state index contributed by atoms with van der Waals surface area (Å²) in [4.78, 5) is 58.5. The number of carbonyl (C=O) groups excluding carboxylic acids is 5. The summed E-state index contributed by atoms with van der Waals surface area (Å²) in [5.74, 6) is 1.42. The van der Waals surface area contributed by atoms with Crippen molar-refractivity contribution in [1.82, 2.24) is 30.6 Å². The van der Waals surface area contributed by atoms with E-state index in [-0.39, 0.29) is 64.9 Å². The van der Waals surface area contributed by atoms with E-state index in [2.05, 4.69) is 79.2 Å². The average Bonchev–Trinajstić information content (AvgIpc) is 3.97. The van der Waals surface area contributed by atoms with E-state index in [0.29, 0.717) is 25.4 Å². The van der Waals surface area contributed by atoms with Crippen LogP contribution in [0.2, 0.25) is 0 Å². The van der Waals surface area contributed by atoms with Gasteiger partial charge in [-0.1, -0.05) is 26.0 Å². The minimum Gasteiger partial charge on any atom is -0.466 e. The van der Waals surface area contributed by atoms with Gasteiger partial charge in [-0.3, -0.25) is 39.3 Å². The summed E-state index contributed by atoms with van der Waals surface area (Å²) in [5.41, 5.74) is 11.8. The molecule has 5 unspecified atom stereocenters. The number of nitrogens with one attached hydrogen (secondary N) is 3. The van der Waals surface area contributed by atoms with Gasteiger partial charge in [-0.25, -0.2) is 0 Å². The Morgan fingerprint density at radius 2 is 1.08 bits per heavy atom. The van der Waals surface area contributed by atoms with Crippen molar-refractivity contribution in [3.63, 3.8) is 0 Å². The van der Waals surface area contributed by atoms with Crippen LogP contribution in [0.3, 0.4) is 0 Å². The third-order valence-electron chi connectivity index (χ3n) is 13.6. The molecule has 5 aliphatic rings. The van der Waals surface area contributed by atoms with Crippen LogP contribution >= 0.6 is 22.6 Å². The topological polar surface area (TPSA) is 190 Å². The number of Topliss-reactive ketones (excluding diaryl/α,β-unsaturated/α-hetero) is 3. The number of fused-ring (bicyclic) bond motifs is 3. The molecule has 7 atom stereocenters. The number of carbonyl (C=O) groups is 5. The molecule has 0 bridgehead atoms. The summed E-state index contributed by atoms with van der Waals surface area (Å²) in [7, 11) is 0. The lowest BCUT2D eigenvalue weighted by atomic mass is 9.78. The molecule has 3 N–H and O–H groups in total. The van der Waals surface area contributed by atoms with Crippen molar-refractivity contribution >= 4 is 63.0 Å². The van der Waals surface area contributed by atoms with Gasteiger partial charge in [-0.2, -0.15) is 15.3 Å². The molecule has 5 aliphatic carbocycles. The molecular formula is C47H63IN6O7. The van der Waals surface area contributed by atoms with E-state index in [1.165, 1.54) is 27.8 Å². The number of ketones is 3. The summed E-state index contributed by atoms with van der Waals surface area (Å²) in [6, 6.07) is 0. The molecule has 3 aromatic heterocycles. The highest BCUT2D eigenvalue weighted by Crippen LogP contribution is 2.40. The second kappa shape index (κ2) is 20.8. The van der Waals surface area contributed by atoms with Crippen molar-refractivity contribution in [3.8, 4) is 0 Å². The predicted molar refractivity (Wildman–Crippen MR) is 240 cm³/mol. The zero-order valence-electron chi connectivity index (χ0n) is 36.9. The highest BCUT2D eigenvalue weighted by atomic mass is 127. The molecule has 0 radical (unpaired) electrons. The standard InChI is InChI=1S/2C19H26N2O3.C9H11IN2O/c2*1-4-24-19(23)15-7-6-14(9-11(15)2)18-16-8-5-13(12(3)22)10-17(16)20-21-18;1-5(13)6-2-3-7-8(4-6)11-12-9(7)10/h9,11,13,15H,4-8,10H2,1-3H3,(H,20,21);6,11,13,15H,4-5,7-10H2,1-3H3,(H,20,21);6H,2-4H2,1H3,(H,11,12)/t2*11-,13?,15?;/m00./s1. The van der Waals surface area contributed by atoms with Crippen molar-refractivity contribution < 1.29 is 33.4 Å². The van der Waals surface area contributed by atoms with E-state index in [9.17, 15) is 24.0 Å². The van der Waals surface area contributed by atoms with E-state index < -0.39 is 0 Å². The Balaban J connectivity index is 0.000000160. The fourth-order valence-corrected chi connectivity index (χ4v) is 10.5. The monoisotopic (exact) mass is 950 g/mol. The first-order chi connectivity index (χ1) is 29.2. The van der Waals surface area contributed by atoms with Crippen LogP contribution in [0.15, 0.2) is 12.2 Å². The van der Waals surface area contributed by atoms with Crippen molar-refractivity contribution in [2.45, 2.75) is 132 Å². The van der Waals surface area contributed by atoms with Gasteiger partial charge in [0.05, 0.1) is 36.4 Å². The lowest BCUT2D eigenvalue weighted by Crippen LogP contribution is -2.26. The molecule has 3 heterocycles. The van der Waals surface area contributed by atoms with Crippen molar-refractivity contribution in [1.29, 1.82) is 0 Å². The van der Waals surface area contributed by atoms with Gasteiger partial charge in [0.1, 0.15) is 21.1 Å². The van der Waals surface area contributed by atoms with Crippen LogP contribution in [0.5, 0.6) is 0 Å². The lowest BCUT2D eigenvalue weighted by molar-refractivity contribution is -0.150. The maximum absolute atomic E-state index is 12.0. The van der Waals surface area contributed by atoms with E-state index in [1.54, 1.807) is 20.8 Å². The summed E-state index contributed by atoms with van der Waals surface area (Å²) in [6.07, 6.45) is 15.5. The summed E-state index contributed by atoms with van der Waals surface area (Å²) >= 11 is 2.24.